The Hall–Kier alpha value is -2.74. The molecule has 0 radical (unpaired) electrons. The van der Waals surface area contributed by atoms with E-state index in [-0.39, 0.29) is 33.7 Å². The highest BCUT2D eigenvalue weighted by atomic mass is 32.1. The maximum absolute atomic E-state index is 13.5. The van der Waals surface area contributed by atoms with Crippen LogP contribution in [0.5, 0.6) is 0 Å². The number of benzene rings is 1. The van der Waals surface area contributed by atoms with Gasteiger partial charge in [-0.15, -0.1) is 11.3 Å². The molecule has 0 aliphatic heterocycles. The van der Waals surface area contributed by atoms with Gasteiger partial charge in [-0.05, 0) is 63.3 Å². The molecule has 1 aliphatic rings. The van der Waals surface area contributed by atoms with E-state index in [0.29, 0.717) is 5.56 Å². The van der Waals surface area contributed by atoms with E-state index < -0.39 is 23.7 Å². The number of halogens is 1. The van der Waals surface area contributed by atoms with Crippen molar-refractivity contribution in [2.45, 2.75) is 52.1 Å². The van der Waals surface area contributed by atoms with Crippen LogP contribution in [0.25, 0.3) is 0 Å². The van der Waals surface area contributed by atoms with Crippen LogP contribution in [0.15, 0.2) is 24.3 Å². The number of hydrogen-bond acceptors (Lipinski definition) is 6. The molecule has 1 aromatic carbocycles. The third-order valence-corrected chi connectivity index (χ3v) is 6.14. The van der Waals surface area contributed by atoms with Gasteiger partial charge in [-0.1, -0.05) is 12.5 Å². The number of nitrogens with one attached hydrogen (secondary N) is 1. The Morgan fingerprint density at radius 1 is 1.17 bits per heavy atom. The van der Waals surface area contributed by atoms with E-state index in [1.165, 1.54) is 18.2 Å². The first-order chi connectivity index (χ1) is 14.4. The summed E-state index contributed by atoms with van der Waals surface area (Å²) in [5, 5.41) is 2.79. The Labute approximate surface area is 178 Å². The Bertz CT molecular complexity index is 949. The third-order valence-electron chi connectivity index (χ3n) is 4.95. The van der Waals surface area contributed by atoms with E-state index in [2.05, 4.69) is 5.32 Å². The quantitative estimate of drug-likeness (QED) is 0.640. The van der Waals surface area contributed by atoms with Gasteiger partial charge in [-0.2, -0.15) is 0 Å². The lowest BCUT2D eigenvalue weighted by atomic mass is 9.98. The van der Waals surface area contributed by atoms with Crippen LogP contribution in [0, 0.1) is 12.7 Å². The Morgan fingerprint density at radius 2 is 1.90 bits per heavy atom. The number of carbonyl (C=O) groups is 3. The Kier molecular flexibility index (Phi) is 7.20. The molecular weight excluding hydrogens is 409 g/mol. The minimum absolute atomic E-state index is 0.0993. The summed E-state index contributed by atoms with van der Waals surface area (Å²) >= 11 is 0.963. The van der Waals surface area contributed by atoms with Crippen LogP contribution >= 0.6 is 11.3 Å². The largest absolute Gasteiger partial charge is 0.462 e. The summed E-state index contributed by atoms with van der Waals surface area (Å²) in [6.45, 7) is 3.44. The van der Waals surface area contributed by atoms with Crippen LogP contribution in [-0.4, -0.2) is 30.6 Å². The van der Waals surface area contributed by atoms with Gasteiger partial charge < -0.3 is 14.8 Å². The second kappa shape index (κ2) is 9.84. The summed E-state index contributed by atoms with van der Waals surface area (Å²) < 4.78 is 24.2. The number of thiophene rings is 1. The van der Waals surface area contributed by atoms with Crippen molar-refractivity contribution in [1.29, 1.82) is 0 Å². The van der Waals surface area contributed by atoms with E-state index in [9.17, 15) is 18.8 Å². The summed E-state index contributed by atoms with van der Waals surface area (Å²) in [5.41, 5.74) is 0.609. The van der Waals surface area contributed by atoms with Crippen LogP contribution in [0.3, 0.4) is 0 Å². The molecule has 1 N–H and O–H groups in total. The van der Waals surface area contributed by atoms with Crippen LogP contribution in [0.1, 0.15) is 75.0 Å². The molecule has 160 valence electrons. The number of amides is 1. The molecule has 1 aliphatic carbocycles. The lowest BCUT2D eigenvalue weighted by molar-refractivity contribution is 0.0216. The molecule has 1 amide bonds. The van der Waals surface area contributed by atoms with Gasteiger partial charge in [0.15, 0.2) is 0 Å². The zero-order valence-corrected chi connectivity index (χ0v) is 17.8. The molecule has 1 heterocycles. The van der Waals surface area contributed by atoms with Gasteiger partial charge in [-0.3, -0.25) is 4.79 Å². The molecule has 0 unspecified atom stereocenters. The maximum atomic E-state index is 13.5. The van der Waals surface area contributed by atoms with Gasteiger partial charge in [0.05, 0.1) is 12.2 Å². The van der Waals surface area contributed by atoms with Crippen molar-refractivity contribution in [2.75, 3.05) is 11.9 Å². The molecule has 1 saturated carbocycles. The van der Waals surface area contributed by atoms with Gasteiger partial charge in [0, 0.05) is 5.56 Å². The lowest BCUT2D eigenvalue weighted by Crippen LogP contribution is -2.21. The molecule has 1 fully saturated rings. The topological polar surface area (TPSA) is 81.7 Å². The average molecular weight is 434 g/mol. The summed E-state index contributed by atoms with van der Waals surface area (Å²) in [6.07, 6.45) is 4.68. The molecule has 0 bridgehead atoms. The number of anilines is 1. The minimum Gasteiger partial charge on any atom is -0.462 e. The molecule has 0 saturated heterocycles. The molecule has 8 heteroatoms. The van der Waals surface area contributed by atoms with Crippen molar-refractivity contribution in [3.63, 3.8) is 0 Å². The first kappa shape index (κ1) is 22.0. The monoisotopic (exact) mass is 433 g/mol. The smallest absolute Gasteiger partial charge is 0.348 e. The van der Waals surface area contributed by atoms with Crippen LogP contribution in [0.4, 0.5) is 9.39 Å². The summed E-state index contributed by atoms with van der Waals surface area (Å²) in [7, 11) is 0. The van der Waals surface area contributed by atoms with Gasteiger partial charge in [-0.25, -0.2) is 14.0 Å². The van der Waals surface area contributed by atoms with Crippen molar-refractivity contribution in [3.05, 3.63) is 51.7 Å². The van der Waals surface area contributed by atoms with E-state index in [1.54, 1.807) is 13.8 Å². The summed E-state index contributed by atoms with van der Waals surface area (Å²) in [5.74, 6) is -2.29. The van der Waals surface area contributed by atoms with E-state index in [0.717, 1.165) is 49.5 Å². The number of carbonyl (C=O) groups excluding carboxylic acids is 3. The fourth-order valence-corrected chi connectivity index (χ4v) is 4.51. The molecule has 0 atom stereocenters. The van der Waals surface area contributed by atoms with Gasteiger partial charge >= 0.3 is 11.9 Å². The van der Waals surface area contributed by atoms with E-state index >= 15 is 0 Å². The average Bonchev–Trinajstić information content (AvgIpc) is 3.05. The third kappa shape index (κ3) is 5.05. The predicted molar refractivity (Wildman–Crippen MR) is 112 cm³/mol. The Balaban J connectivity index is 1.88. The lowest BCUT2D eigenvalue weighted by Gasteiger charge is -2.21. The normalized spacial score (nSPS) is 14.2. The highest BCUT2D eigenvalue weighted by molar-refractivity contribution is 7.18. The van der Waals surface area contributed by atoms with Crippen molar-refractivity contribution in [2.24, 2.45) is 0 Å². The van der Waals surface area contributed by atoms with Crippen molar-refractivity contribution >= 4 is 34.2 Å². The maximum Gasteiger partial charge on any atom is 0.348 e. The second-order valence-electron chi connectivity index (χ2n) is 7.11. The number of ether oxygens (including phenoxy) is 2. The van der Waals surface area contributed by atoms with E-state index in [4.69, 9.17) is 9.47 Å². The van der Waals surface area contributed by atoms with Crippen LogP contribution in [-0.2, 0) is 9.47 Å². The number of esters is 2. The Morgan fingerprint density at radius 3 is 2.57 bits per heavy atom. The van der Waals surface area contributed by atoms with Crippen molar-refractivity contribution in [3.8, 4) is 0 Å². The second-order valence-corrected chi connectivity index (χ2v) is 8.13. The standard InChI is InChI=1S/C22H24FNO5S/c1-3-28-21(26)17-13(2)18(22(27)29-16-10-5-4-6-11-16)30-20(17)24-19(25)14-8-7-9-15(23)12-14/h7-9,12,16H,3-6,10-11H2,1-2H3,(H,24,25). The number of hydrogen-bond donors (Lipinski definition) is 1. The first-order valence-electron chi connectivity index (χ1n) is 9.99. The van der Waals surface area contributed by atoms with Crippen LogP contribution in [0.2, 0.25) is 0 Å². The first-order valence-corrected chi connectivity index (χ1v) is 10.8. The summed E-state index contributed by atoms with van der Waals surface area (Å²) in [6, 6.07) is 5.21. The summed E-state index contributed by atoms with van der Waals surface area (Å²) in [4.78, 5) is 38.1. The molecule has 1 aromatic heterocycles. The molecule has 3 rings (SSSR count). The SMILES string of the molecule is CCOC(=O)c1c(NC(=O)c2cccc(F)c2)sc(C(=O)OC2CCCCC2)c1C. The highest BCUT2D eigenvalue weighted by Crippen LogP contribution is 2.35. The van der Waals surface area contributed by atoms with E-state index in [1.807, 2.05) is 0 Å². The molecule has 30 heavy (non-hydrogen) atoms. The molecule has 2 aromatic rings. The molecule has 0 spiro atoms. The zero-order valence-electron chi connectivity index (χ0n) is 17.0. The molecular formula is C22H24FNO5S. The number of rotatable bonds is 6. The van der Waals surface area contributed by atoms with Crippen molar-refractivity contribution in [1.82, 2.24) is 0 Å². The predicted octanol–water partition coefficient (Wildman–Crippen LogP) is 5.11. The fraction of sp³-hybridized carbons (Fsp3) is 0.409. The van der Waals surface area contributed by atoms with Gasteiger partial charge in [0.25, 0.3) is 5.91 Å². The van der Waals surface area contributed by atoms with Gasteiger partial charge in [0.1, 0.15) is 21.8 Å². The van der Waals surface area contributed by atoms with Crippen LogP contribution < -0.4 is 5.32 Å². The highest BCUT2D eigenvalue weighted by Gasteiger charge is 2.29. The fourth-order valence-electron chi connectivity index (χ4n) is 3.44. The zero-order chi connectivity index (χ0) is 21.7. The van der Waals surface area contributed by atoms with Gasteiger partial charge in [0.2, 0.25) is 0 Å². The minimum atomic E-state index is -0.641. The van der Waals surface area contributed by atoms with Crippen molar-refractivity contribution < 1.29 is 28.2 Å². The molecule has 6 nitrogen and oxygen atoms in total.